The van der Waals surface area contributed by atoms with Gasteiger partial charge in [-0.05, 0) is 55.3 Å². The molecule has 0 spiro atoms. The molecule has 0 fully saturated rings. The quantitative estimate of drug-likeness (QED) is 0.352. The van der Waals surface area contributed by atoms with Crippen LogP contribution in [0.3, 0.4) is 0 Å². The van der Waals surface area contributed by atoms with Gasteiger partial charge in [-0.2, -0.15) is 5.26 Å². The van der Waals surface area contributed by atoms with Gasteiger partial charge in [-0.15, -0.1) is 0 Å². The highest BCUT2D eigenvalue weighted by atomic mass is 35.5. The highest BCUT2D eigenvalue weighted by Gasteiger charge is 2.14. The fraction of sp³-hybridized carbons (Fsp3) is 0.154. The van der Waals surface area contributed by atoms with E-state index in [0.717, 1.165) is 16.7 Å². The Balaban J connectivity index is 1.89. The Bertz CT molecular complexity index is 1210. The average Bonchev–Trinajstić information content (AvgIpc) is 2.79. The molecule has 3 aromatic rings. The van der Waals surface area contributed by atoms with Crippen LogP contribution in [-0.2, 0) is 11.4 Å². The molecule has 3 rings (SSSR count). The molecular formula is C26H23ClN2O3. The predicted octanol–water partition coefficient (Wildman–Crippen LogP) is 6.09. The van der Waals surface area contributed by atoms with Crippen molar-refractivity contribution in [2.45, 2.75) is 20.5 Å². The lowest BCUT2D eigenvalue weighted by molar-refractivity contribution is -0.112. The standard InChI is InChI=1S/C26H23ClN2O3/c1-17-8-9-18(2)24(12-17)29-26(30)21(15-28)13-19-10-11-22(31-3)14-25(19)32-16-20-6-4-5-7-23(20)27/h4-14H,16H2,1-3H3,(H,29,30)/b21-13+. The summed E-state index contributed by atoms with van der Waals surface area (Å²) in [6, 6.07) is 20.3. The zero-order valence-electron chi connectivity index (χ0n) is 18.1. The number of carbonyl (C=O) groups excluding carboxylic acids is 1. The Labute approximate surface area is 192 Å². The topological polar surface area (TPSA) is 71.3 Å². The molecule has 162 valence electrons. The zero-order chi connectivity index (χ0) is 23.1. The van der Waals surface area contributed by atoms with Crippen LogP contribution in [0.4, 0.5) is 5.69 Å². The van der Waals surface area contributed by atoms with Crippen LogP contribution >= 0.6 is 11.6 Å². The van der Waals surface area contributed by atoms with E-state index in [4.69, 9.17) is 21.1 Å². The molecule has 1 N–H and O–H groups in total. The summed E-state index contributed by atoms with van der Waals surface area (Å²) >= 11 is 6.23. The SMILES string of the molecule is COc1ccc(/C=C(\C#N)C(=O)Nc2cc(C)ccc2C)c(OCc2ccccc2Cl)c1. The molecule has 6 heteroatoms. The summed E-state index contributed by atoms with van der Waals surface area (Å²) in [5.74, 6) is 0.570. The molecular weight excluding hydrogens is 424 g/mol. The second-order valence-corrected chi connectivity index (χ2v) is 7.63. The van der Waals surface area contributed by atoms with Gasteiger partial charge in [0.05, 0.1) is 7.11 Å². The smallest absolute Gasteiger partial charge is 0.266 e. The Hall–Kier alpha value is -3.75. The predicted molar refractivity (Wildman–Crippen MR) is 127 cm³/mol. The van der Waals surface area contributed by atoms with E-state index in [2.05, 4.69) is 5.32 Å². The number of methoxy groups -OCH3 is 1. The summed E-state index contributed by atoms with van der Waals surface area (Å²) in [6.45, 7) is 4.06. The average molecular weight is 447 g/mol. The monoisotopic (exact) mass is 446 g/mol. The van der Waals surface area contributed by atoms with Crippen LogP contribution in [0.2, 0.25) is 5.02 Å². The van der Waals surface area contributed by atoms with E-state index < -0.39 is 5.91 Å². The van der Waals surface area contributed by atoms with Crippen LogP contribution in [0.5, 0.6) is 11.5 Å². The minimum Gasteiger partial charge on any atom is -0.497 e. The van der Waals surface area contributed by atoms with Gasteiger partial charge in [0.1, 0.15) is 29.7 Å². The second-order valence-electron chi connectivity index (χ2n) is 7.23. The largest absolute Gasteiger partial charge is 0.497 e. The number of halogens is 1. The molecule has 1 amide bonds. The van der Waals surface area contributed by atoms with Crippen molar-refractivity contribution in [2.24, 2.45) is 0 Å². The summed E-state index contributed by atoms with van der Waals surface area (Å²) in [4.78, 5) is 12.8. The molecule has 0 radical (unpaired) electrons. The third-order valence-electron chi connectivity index (χ3n) is 4.87. The van der Waals surface area contributed by atoms with Crippen LogP contribution in [0, 0.1) is 25.2 Å². The number of ether oxygens (including phenoxy) is 2. The number of aryl methyl sites for hydroxylation is 2. The number of amides is 1. The van der Waals surface area contributed by atoms with Crippen LogP contribution < -0.4 is 14.8 Å². The number of anilines is 1. The molecule has 0 aliphatic rings. The number of benzene rings is 3. The summed E-state index contributed by atoms with van der Waals surface area (Å²) in [7, 11) is 1.56. The molecule has 0 saturated heterocycles. The third-order valence-corrected chi connectivity index (χ3v) is 5.24. The maximum Gasteiger partial charge on any atom is 0.266 e. The van der Waals surface area contributed by atoms with Gasteiger partial charge in [0.25, 0.3) is 5.91 Å². The fourth-order valence-corrected chi connectivity index (χ4v) is 3.21. The molecule has 0 aromatic heterocycles. The normalized spacial score (nSPS) is 10.9. The number of nitrogens with one attached hydrogen (secondary N) is 1. The molecule has 3 aromatic carbocycles. The van der Waals surface area contributed by atoms with E-state index in [0.29, 0.717) is 27.8 Å². The van der Waals surface area contributed by atoms with Crippen molar-refractivity contribution in [2.75, 3.05) is 12.4 Å². The number of hydrogen-bond donors (Lipinski definition) is 1. The lowest BCUT2D eigenvalue weighted by atomic mass is 10.1. The second kappa shape index (κ2) is 10.5. The number of nitrogens with zero attached hydrogens (tertiary/aromatic N) is 1. The highest BCUT2D eigenvalue weighted by Crippen LogP contribution is 2.29. The lowest BCUT2D eigenvalue weighted by Crippen LogP contribution is -2.14. The third kappa shape index (κ3) is 5.69. The van der Waals surface area contributed by atoms with Crippen molar-refractivity contribution in [3.05, 3.63) is 93.5 Å². The first-order chi connectivity index (χ1) is 15.4. The number of hydrogen-bond acceptors (Lipinski definition) is 4. The van der Waals surface area contributed by atoms with E-state index >= 15 is 0 Å². The molecule has 5 nitrogen and oxygen atoms in total. The first-order valence-corrected chi connectivity index (χ1v) is 10.3. The van der Waals surface area contributed by atoms with E-state index in [1.165, 1.54) is 6.08 Å². The van der Waals surface area contributed by atoms with Gasteiger partial charge >= 0.3 is 0 Å². The van der Waals surface area contributed by atoms with E-state index in [-0.39, 0.29) is 12.2 Å². The van der Waals surface area contributed by atoms with Crippen LogP contribution in [0.25, 0.3) is 6.08 Å². The van der Waals surface area contributed by atoms with Gasteiger partial charge in [-0.1, -0.05) is 41.9 Å². The van der Waals surface area contributed by atoms with Gasteiger partial charge in [-0.25, -0.2) is 0 Å². The van der Waals surface area contributed by atoms with Crippen LogP contribution in [-0.4, -0.2) is 13.0 Å². The molecule has 0 unspecified atom stereocenters. The fourth-order valence-electron chi connectivity index (χ4n) is 3.02. The molecule has 0 bridgehead atoms. The summed E-state index contributed by atoms with van der Waals surface area (Å²) in [6.07, 6.45) is 1.50. The first-order valence-electron chi connectivity index (χ1n) is 9.96. The van der Waals surface area contributed by atoms with Gasteiger partial charge < -0.3 is 14.8 Å². The van der Waals surface area contributed by atoms with Crippen molar-refractivity contribution in [1.82, 2.24) is 0 Å². The van der Waals surface area contributed by atoms with Crippen molar-refractivity contribution in [1.29, 1.82) is 5.26 Å². The van der Waals surface area contributed by atoms with Crippen molar-refractivity contribution in [3.8, 4) is 17.6 Å². The van der Waals surface area contributed by atoms with Gasteiger partial charge in [0, 0.05) is 27.9 Å². The van der Waals surface area contributed by atoms with Gasteiger partial charge in [0.2, 0.25) is 0 Å². The highest BCUT2D eigenvalue weighted by molar-refractivity contribution is 6.31. The number of carbonyl (C=O) groups is 1. The molecule has 0 saturated carbocycles. The minimum atomic E-state index is -0.492. The van der Waals surface area contributed by atoms with Crippen molar-refractivity contribution < 1.29 is 14.3 Å². The summed E-state index contributed by atoms with van der Waals surface area (Å²) in [5, 5.41) is 13.0. The van der Waals surface area contributed by atoms with E-state index in [1.54, 1.807) is 31.4 Å². The Morgan fingerprint density at radius 3 is 2.62 bits per heavy atom. The minimum absolute atomic E-state index is 0.0429. The van der Waals surface area contributed by atoms with Crippen LogP contribution in [0.15, 0.2) is 66.2 Å². The molecule has 0 heterocycles. The molecule has 0 atom stereocenters. The Kier molecular flexibility index (Phi) is 7.54. The summed E-state index contributed by atoms with van der Waals surface area (Å²) < 4.78 is 11.3. The maximum atomic E-state index is 12.8. The molecule has 0 aliphatic heterocycles. The van der Waals surface area contributed by atoms with Crippen molar-refractivity contribution in [3.63, 3.8) is 0 Å². The van der Waals surface area contributed by atoms with Crippen LogP contribution in [0.1, 0.15) is 22.3 Å². The number of rotatable bonds is 7. The number of nitriles is 1. The van der Waals surface area contributed by atoms with Gasteiger partial charge in [0.15, 0.2) is 0 Å². The first kappa shape index (κ1) is 22.9. The zero-order valence-corrected chi connectivity index (χ0v) is 18.9. The molecule has 0 aliphatic carbocycles. The maximum absolute atomic E-state index is 12.8. The van der Waals surface area contributed by atoms with E-state index in [1.807, 2.05) is 56.3 Å². The Morgan fingerprint density at radius 2 is 1.91 bits per heavy atom. The van der Waals surface area contributed by atoms with Crippen molar-refractivity contribution >= 4 is 29.3 Å². The summed E-state index contributed by atoms with van der Waals surface area (Å²) in [5.41, 5.74) is 3.94. The lowest BCUT2D eigenvalue weighted by Gasteiger charge is -2.13. The van der Waals surface area contributed by atoms with E-state index in [9.17, 15) is 10.1 Å². The molecule has 32 heavy (non-hydrogen) atoms. The Morgan fingerprint density at radius 1 is 1.12 bits per heavy atom. The van der Waals surface area contributed by atoms with Gasteiger partial charge in [-0.3, -0.25) is 4.79 Å².